The van der Waals surface area contributed by atoms with Crippen molar-refractivity contribution in [3.05, 3.63) is 47.1 Å². The van der Waals surface area contributed by atoms with Crippen LogP contribution in [0.3, 0.4) is 0 Å². The average molecular weight is 219 g/mol. The molecule has 1 heterocycles. The summed E-state index contributed by atoms with van der Waals surface area (Å²) in [5.41, 5.74) is 2.37. The third-order valence-corrected chi connectivity index (χ3v) is 2.16. The molecule has 0 saturated heterocycles. The molecule has 84 valence electrons. The van der Waals surface area contributed by atoms with Gasteiger partial charge < -0.3 is 4.52 Å². The number of rotatable bonds is 4. The molecule has 0 aliphatic heterocycles. The first kappa shape index (κ1) is 10.8. The Bertz CT molecular complexity index is 468. The van der Waals surface area contributed by atoms with Gasteiger partial charge in [0.1, 0.15) is 6.61 Å². The molecule has 0 atom stereocenters. The highest BCUT2D eigenvalue weighted by atomic mass is 16.6. The molecule has 0 aliphatic carbocycles. The van der Waals surface area contributed by atoms with Crippen LogP contribution < -0.4 is 5.90 Å². The normalized spacial score (nSPS) is 10.6. The van der Waals surface area contributed by atoms with Gasteiger partial charge in [0, 0.05) is 6.42 Å². The Kier molecular flexibility index (Phi) is 3.28. The summed E-state index contributed by atoms with van der Waals surface area (Å²) < 4.78 is 4.94. The van der Waals surface area contributed by atoms with E-state index in [2.05, 4.69) is 21.0 Å². The molecule has 2 rings (SSSR count). The summed E-state index contributed by atoms with van der Waals surface area (Å²) in [5, 5.41) is 3.84. The van der Waals surface area contributed by atoms with Crippen molar-refractivity contribution in [3.8, 4) is 0 Å². The van der Waals surface area contributed by atoms with Crippen molar-refractivity contribution in [2.75, 3.05) is 0 Å². The van der Waals surface area contributed by atoms with Crippen LogP contribution in [0.25, 0.3) is 0 Å². The van der Waals surface area contributed by atoms with Gasteiger partial charge in [-0.05, 0) is 12.5 Å². The second kappa shape index (κ2) is 4.87. The van der Waals surface area contributed by atoms with Gasteiger partial charge in [0.2, 0.25) is 0 Å². The molecule has 0 unspecified atom stereocenters. The van der Waals surface area contributed by atoms with Crippen molar-refractivity contribution in [2.45, 2.75) is 20.0 Å². The van der Waals surface area contributed by atoms with E-state index in [4.69, 9.17) is 10.4 Å². The van der Waals surface area contributed by atoms with Crippen LogP contribution >= 0.6 is 0 Å². The number of aromatic nitrogens is 2. The lowest BCUT2D eigenvalue weighted by molar-refractivity contribution is 0.0995. The van der Waals surface area contributed by atoms with Gasteiger partial charge >= 0.3 is 0 Å². The summed E-state index contributed by atoms with van der Waals surface area (Å²) in [6, 6.07) is 8.18. The van der Waals surface area contributed by atoms with Crippen LogP contribution in [0.5, 0.6) is 0 Å². The molecule has 5 nitrogen and oxygen atoms in total. The van der Waals surface area contributed by atoms with Gasteiger partial charge in [0.05, 0.1) is 0 Å². The molecule has 1 aromatic heterocycles. The van der Waals surface area contributed by atoms with Crippen molar-refractivity contribution in [3.63, 3.8) is 0 Å². The van der Waals surface area contributed by atoms with E-state index in [1.807, 2.05) is 25.1 Å². The number of aryl methyl sites for hydroxylation is 1. The van der Waals surface area contributed by atoms with E-state index in [9.17, 15) is 0 Å². The van der Waals surface area contributed by atoms with Gasteiger partial charge in [-0.2, -0.15) is 4.98 Å². The molecule has 1 aromatic carbocycles. The van der Waals surface area contributed by atoms with Crippen LogP contribution in [0.15, 0.2) is 28.8 Å². The number of hydrogen-bond donors (Lipinski definition) is 1. The third-order valence-electron chi connectivity index (χ3n) is 2.16. The highest BCUT2D eigenvalue weighted by Gasteiger charge is 2.06. The molecule has 0 radical (unpaired) electrons. The first-order valence-electron chi connectivity index (χ1n) is 4.96. The molecule has 2 N–H and O–H groups in total. The SMILES string of the molecule is Cc1cccc(Cc2noc(CON)n2)c1. The monoisotopic (exact) mass is 219 g/mol. The molecule has 2 aromatic rings. The lowest BCUT2D eigenvalue weighted by Gasteiger charge is -1.97. The average Bonchev–Trinajstić information content (AvgIpc) is 2.66. The molecule has 5 heteroatoms. The van der Waals surface area contributed by atoms with Gasteiger partial charge in [0.15, 0.2) is 5.82 Å². The topological polar surface area (TPSA) is 74.2 Å². The summed E-state index contributed by atoms with van der Waals surface area (Å²) >= 11 is 0. The summed E-state index contributed by atoms with van der Waals surface area (Å²) in [5.74, 6) is 5.94. The van der Waals surface area contributed by atoms with Gasteiger partial charge in [-0.3, -0.25) is 4.84 Å². The Labute approximate surface area is 93.2 Å². The zero-order valence-corrected chi connectivity index (χ0v) is 9.01. The lowest BCUT2D eigenvalue weighted by atomic mass is 10.1. The van der Waals surface area contributed by atoms with Crippen LogP contribution in [-0.2, 0) is 17.9 Å². The van der Waals surface area contributed by atoms with Crippen LogP contribution in [0, 0.1) is 6.92 Å². The molecule has 0 aliphatic rings. The molecule has 0 spiro atoms. The standard InChI is InChI=1S/C11H13N3O2/c1-8-3-2-4-9(5-8)6-10-13-11(7-15-12)16-14-10/h2-5H,6-7,12H2,1H3. The largest absolute Gasteiger partial charge is 0.337 e. The quantitative estimate of drug-likeness (QED) is 0.786. The molecular formula is C11H13N3O2. The zero-order valence-electron chi connectivity index (χ0n) is 9.01. The number of nitrogens with two attached hydrogens (primary N) is 1. The minimum absolute atomic E-state index is 0.140. The molecule has 0 saturated carbocycles. The Balaban J connectivity index is 2.08. The number of hydrogen-bond acceptors (Lipinski definition) is 5. The van der Waals surface area contributed by atoms with E-state index >= 15 is 0 Å². The zero-order chi connectivity index (χ0) is 11.4. The van der Waals surface area contributed by atoms with Crippen molar-refractivity contribution >= 4 is 0 Å². The number of nitrogens with zero attached hydrogens (tertiary/aromatic N) is 2. The second-order valence-corrected chi connectivity index (χ2v) is 3.58. The lowest BCUT2D eigenvalue weighted by Crippen LogP contribution is -1.99. The third kappa shape index (κ3) is 2.65. The summed E-state index contributed by atoms with van der Waals surface area (Å²) in [7, 11) is 0. The van der Waals surface area contributed by atoms with E-state index in [1.165, 1.54) is 5.56 Å². The molecular weight excluding hydrogens is 206 g/mol. The molecule has 0 fully saturated rings. The van der Waals surface area contributed by atoms with Gasteiger partial charge in [-0.15, -0.1) is 0 Å². The highest BCUT2D eigenvalue weighted by Crippen LogP contribution is 2.09. The fraction of sp³-hybridized carbons (Fsp3) is 0.273. The predicted octanol–water partition coefficient (Wildman–Crippen LogP) is 1.36. The summed E-state index contributed by atoms with van der Waals surface area (Å²) in [4.78, 5) is 8.56. The number of benzene rings is 1. The van der Waals surface area contributed by atoms with Crippen LogP contribution in [0.4, 0.5) is 0 Å². The second-order valence-electron chi connectivity index (χ2n) is 3.58. The Morgan fingerprint density at radius 2 is 2.31 bits per heavy atom. The summed E-state index contributed by atoms with van der Waals surface area (Å²) in [6.07, 6.45) is 0.649. The fourth-order valence-electron chi connectivity index (χ4n) is 1.50. The maximum absolute atomic E-state index is 4.94. The highest BCUT2D eigenvalue weighted by molar-refractivity contribution is 5.24. The van der Waals surface area contributed by atoms with E-state index in [0.717, 1.165) is 5.56 Å². The first-order chi connectivity index (χ1) is 7.78. The summed E-state index contributed by atoms with van der Waals surface area (Å²) in [6.45, 7) is 2.19. The van der Waals surface area contributed by atoms with Crippen LogP contribution in [0.2, 0.25) is 0 Å². The Morgan fingerprint density at radius 1 is 1.44 bits per heavy atom. The predicted molar refractivity (Wildman–Crippen MR) is 57.3 cm³/mol. The van der Waals surface area contributed by atoms with Crippen molar-refractivity contribution in [1.29, 1.82) is 0 Å². The van der Waals surface area contributed by atoms with E-state index in [0.29, 0.717) is 18.1 Å². The maximum Gasteiger partial charge on any atom is 0.254 e. The van der Waals surface area contributed by atoms with Crippen molar-refractivity contribution in [2.24, 2.45) is 5.90 Å². The molecule has 0 bridgehead atoms. The molecule has 0 amide bonds. The van der Waals surface area contributed by atoms with Gasteiger partial charge in [-0.25, -0.2) is 5.90 Å². The van der Waals surface area contributed by atoms with E-state index in [-0.39, 0.29) is 6.61 Å². The van der Waals surface area contributed by atoms with Gasteiger partial charge in [0.25, 0.3) is 5.89 Å². The van der Waals surface area contributed by atoms with E-state index in [1.54, 1.807) is 0 Å². The Morgan fingerprint density at radius 3 is 3.06 bits per heavy atom. The molecule has 16 heavy (non-hydrogen) atoms. The maximum atomic E-state index is 4.94. The minimum atomic E-state index is 0.140. The van der Waals surface area contributed by atoms with Crippen molar-refractivity contribution < 1.29 is 9.36 Å². The fourth-order valence-corrected chi connectivity index (χ4v) is 1.50. The van der Waals surface area contributed by atoms with Gasteiger partial charge in [-0.1, -0.05) is 35.0 Å². The van der Waals surface area contributed by atoms with Crippen LogP contribution in [-0.4, -0.2) is 10.1 Å². The first-order valence-corrected chi connectivity index (χ1v) is 4.96. The minimum Gasteiger partial charge on any atom is -0.337 e. The Hall–Kier alpha value is -1.72. The smallest absolute Gasteiger partial charge is 0.254 e. The van der Waals surface area contributed by atoms with Crippen molar-refractivity contribution in [1.82, 2.24) is 10.1 Å². The van der Waals surface area contributed by atoms with Crippen LogP contribution in [0.1, 0.15) is 22.8 Å². The van der Waals surface area contributed by atoms with E-state index < -0.39 is 0 Å².